The average molecular weight is 282 g/mol. The number of methoxy groups -OCH3 is 1. The van der Waals surface area contributed by atoms with E-state index < -0.39 is 0 Å². The molecular weight excluding hydrogens is 252 g/mol. The Bertz CT molecular complexity index is 150. The zero-order valence-corrected chi connectivity index (χ0v) is 12.6. The van der Waals surface area contributed by atoms with Crippen LogP contribution in [0.2, 0.25) is 0 Å². The molecule has 0 fully saturated rings. The molecule has 0 radical (unpaired) electrons. The molecule has 6 heteroatoms. The highest BCUT2D eigenvalue weighted by atomic mass is 16.5. The normalized spacial score (nSPS) is 13.6. The summed E-state index contributed by atoms with van der Waals surface area (Å²) in [5.74, 6) is 0. The molecule has 6 nitrogen and oxygen atoms in total. The molecule has 0 aromatic heterocycles. The van der Waals surface area contributed by atoms with E-state index in [0.717, 1.165) is 0 Å². The van der Waals surface area contributed by atoms with Crippen molar-refractivity contribution in [2.45, 2.75) is 33.0 Å². The van der Waals surface area contributed by atoms with Gasteiger partial charge in [-0.05, 0) is 20.8 Å². The lowest BCUT2D eigenvalue weighted by molar-refractivity contribution is -0.0424. The topological polar surface area (TPSA) is 77.4 Å². The first kappa shape index (κ1) is 21.1. The van der Waals surface area contributed by atoms with Gasteiger partial charge < -0.3 is 29.2 Å². The lowest BCUT2D eigenvalue weighted by atomic mass is 10.4. The van der Waals surface area contributed by atoms with E-state index in [9.17, 15) is 0 Å². The molecule has 2 N–H and O–H groups in total. The molecule has 0 heterocycles. The van der Waals surface area contributed by atoms with E-state index in [4.69, 9.17) is 24.4 Å². The summed E-state index contributed by atoms with van der Waals surface area (Å²) in [6.45, 7) is 8.72. The zero-order chi connectivity index (χ0) is 14.9. The van der Waals surface area contributed by atoms with Gasteiger partial charge in [-0.15, -0.1) is 0 Å². The summed E-state index contributed by atoms with van der Waals surface area (Å²) >= 11 is 0. The highest BCUT2D eigenvalue weighted by molar-refractivity contribution is 4.50. The fourth-order valence-corrected chi connectivity index (χ4v) is 0.994. The summed E-state index contributed by atoms with van der Waals surface area (Å²) in [6.07, 6.45) is 0.0342. The number of aliphatic hydroxyl groups excluding tert-OH is 2. The lowest BCUT2D eigenvalue weighted by Gasteiger charge is -2.14. The van der Waals surface area contributed by atoms with Crippen LogP contribution < -0.4 is 0 Å². The molecule has 118 valence electrons. The van der Waals surface area contributed by atoms with Crippen LogP contribution in [0.5, 0.6) is 0 Å². The van der Waals surface area contributed by atoms with Crippen molar-refractivity contribution < 1.29 is 29.2 Å². The van der Waals surface area contributed by atoms with Crippen LogP contribution in [-0.2, 0) is 18.9 Å². The van der Waals surface area contributed by atoms with Crippen LogP contribution in [0.3, 0.4) is 0 Å². The molecule has 0 bridgehead atoms. The second-order valence-electron chi connectivity index (χ2n) is 3.92. The van der Waals surface area contributed by atoms with Gasteiger partial charge in [0.25, 0.3) is 0 Å². The molecule has 0 saturated heterocycles. The number of ether oxygens (including phenoxy) is 4. The second kappa shape index (κ2) is 17.8. The summed E-state index contributed by atoms with van der Waals surface area (Å²) in [5.41, 5.74) is 0. The minimum absolute atomic E-state index is 0.0683. The van der Waals surface area contributed by atoms with Gasteiger partial charge in [-0.25, -0.2) is 0 Å². The van der Waals surface area contributed by atoms with Gasteiger partial charge in [-0.2, -0.15) is 0 Å². The Balaban J connectivity index is 0. The van der Waals surface area contributed by atoms with Crippen molar-refractivity contribution >= 4 is 0 Å². The van der Waals surface area contributed by atoms with Crippen LogP contribution >= 0.6 is 0 Å². The minimum Gasteiger partial charge on any atom is -0.394 e. The maximum atomic E-state index is 8.61. The van der Waals surface area contributed by atoms with E-state index in [1.165, 1.54) is 0 Å². The molecule has 0 aliphatic rings. The molecule has 0 aliphatic heterocycles. The molecule has 2 atom stereocenters. The number of rotatable bonds is 11. The molecule has 2 unspecified atom stereocenters. The maximum Gasteiger partial charge on any atom is 0.0780 e. The van der Waals surface area contributed by atoms with Gasteiger partial charge in [0, 0.05) is 13.7 Å². The molecule has 0 saturated carbocycles. The molecule has 0 aromatic carbocycles. The molecule has 0 rings (SSSR count). The van der Waals surface area contributed by atoms with Crippen LogP contribution in [0, 0.1) is 0 Å². The van der Waals surface area contributed by atoms with E-state index in [1.807, 2.05) is 20.8 Å². The molecular formula is C13H30O6. The van der Waals surface area contributed by atoms with Crippen molar-refractivity contribution in [1.82, 2.24) is 0 Å². The van der Waals surface area contributed by atoms with E-state index >= 15 is 0 Å². The van der Waals surface area contributed by atoms with Crippen LogP contribution in [0.4, 0.5) is 0 Å². The maximum absolute atomic E-state index is 8.61. The summed E-state index contributed by atoms with van der Waals surface area (Å²) < 4.78 is 20.0. The Labute approximate surface area is 116 Å². The Morgan fingerprint density at radius 1 is 0.947 bits per heavy atom. The van der Waals surface area contributed by atoms with Crippen LogP contribution in [0.1, 0.15) is 20.8 Å². The van der Waals surface area contributed by atoms with E-state index in [2.05, 4.69) is 4.74 Å². The Morgan fingerprint density at radius 2 is 1.63 bits per heavy atom. The van der Waals surface area contributed by atoms with E-state index in [-0.39, 0.29) is 25.4 Å². The van der Waals surface area contributed by atoms with Gasteiger partial charge >= 0.3 is 0 Å². The largest absolute Gasteiger partial charge is 0.394 e. The third-order valence-electron chi connectivity index (χ3n) is 1.99. The number of hydrogen-bond acceptors (Lipinski definition) is 6. The van der Waals surface area contributed by atoms with Crippen molar-refractivity contribution in [3.8, 4) is 0 Å². The SMILES string of the molecule is CCOC(C)COC(C)CO.COCCOCCO. The average Bonchev–Trinajstić information content (AvgIpc) is 2.42. The highest BCUT2D eigenvalue weighted by Gasteiger charge is 2.04. The van der Waals surface area contributed by atoms with Crippen LogP contribution in [-0.4, -0.2) is 75.8 Å². The Hall–Kier alpha value is -0.240. The van der Waals surface area contributed by atoms with Gasteiger partial charge in [-0.1, -0.05) is 0 Å². The molecule has 0 aliphatic carbocycles. The van der Waals surface area contributed by atoms with Crippen molar-refractivity contribution in [1.29, 1.82) is 0 Å². The number of hydrogen-bond donors (Lipinski definition) is 2. The van der Waals surface area contributed by atoms with E-state index in [0.29, 0.717) is 33.0 Å². The van der Waals surface area contributed by atoms with Crippen LogP contribution in [0.25, 0.3) is 0 Å². The lowest BCUT2D eigenvalue weighted by Crippen LogP contribution is -2.22. The molecule has 0 aromatic rings. The molecule has 0 amide bonds. The summed E-state index contributed by atoms with van der Waals surface area (Å²) in [4.78, 5) is 0. The van der Waals surface area contributed by atoms with Gasteiger partial charge in [0.05, 0.1) is 51.8 Å². The smallest absolute Gasteiger partial charge is 0.0780 e. The third kappa shape index (κ3) is 20.2. The Morgan fingerprint density at radius 3 is 2.11 bits per heavy atom. The van der Waals surface area contributed by atoms with Gasteiger partial charge in [0.2, 0.25) is 0 Å². The fourth-order valence-electron chi connectivity index (χ4n) is 0.994. The Kier molecular flexibility index (Phi) is 19.7. The summed E-state index contributed by atoms with van der Waals surface area (Å²) in [6, 6.07) is 0. The third-order valence-corrected chi connectivity index (χ3v) is 1.99. The zero-order valence-electron chi connectivity index (χ0n) is 12.6. The monoisotopic (exact) mass is 282 g/mol. The summed E-state index contributed by atoms with van der Waals surface area (Å²) in [7, 11) is 1.61. The van der Waals surface area contributed by atoms with Gasteiger partial charge in [0.1, 0.15) is 0 Å². The number of aliphatic hydroxyl groups is 2. The van der Waals surface area contributed by atoms with Crippen molar-refractivity contribution in [3.05, 3.63) is 0 Å². The first-order valence-electron chi connectivity index (χ1n) is 6.63. The second-order valence-corrected chi connectivity index (χ2v) is 3.92. The highest BCUT2D eigenvalue weighted by Crippen LogP contribution is 1.95. The van der Waals surface area contributed by atoms with Crippen LogP contribution in [0.15, 0.2) is 0 Å². The van der Waals surface area contributed by atoms with Gasteiger partial charge in [-0.3, -0.25) is 0 Å². The molecule has 19 heavy (non-hydrogen) atoms. The van der Waals surface area contributed by atoms with Crippen molar-refractivity contribution in [2.24, 2.45) is 0 Å². The van der Waals surface area contributed by atoms with Crippen molar-refractivity contribution in [3.63, 3.8) is 0 Å². The predicted molar refractivity (Wildman–Crippen MR) is 73.4 cm³/mol. The van der Waals surface area contributed by atoms with Gasteiger partial charge in [0.15, 0.2) is 0 Å². The summed E-state index contributed by atoms with van der Waals surface area (Å²) in [5, 5.41) is 16.8. The predicted octanol–water partition coefficient (Wildman–Crippen LogP) is 0.451. The first-order chi connectivity index (χ1) is 9.12. The van der Waals surface area contributed by atoms with Crippen molar-refractivity contribution in [2.75, 3.05) is 53.4 Å². The van der Waals surface area contributed by atoms with E-state index in [1.54, 1.807) is 7.11 Å². The molecule has 0 spiro atoms. The standard InChI is InChI=1S/C8H18O3.C5H12O3/c1-4-10-8(3)6-11-7(2)5-9;1-7-4-5-8-3-2-6/h7-9H,4-6H2,1-3H3;6H,2-5H2,1H3. The minimum atomic E-state index is -0.0853. The first-order valence-corrected chi connectivity index (χ1v) is 6.63. The quantitative estimate of drug-likeness (QED) is 0.536. The fraction of sp³-hybridized carbons (Fsp3) is 1.00.